The van der Waals surface area contributed by atoms with Gasteiger partial charge >= 0.3 is 6.18 Å². The molecule has 1 aromatic carbocycles. The van der Waals surface area contributed by atoms with Gasteiger partial charge in [-0.15, -0.1) is 0 Å². The minimum atomic E-state index is -4.61. The molecule has 0 amide bonds. The van der Waals surface area contributed by atoms with Crippen LogP contribution in [-0.4, -0.2) is 19.7 Å². The van der Waals surface area contributed by atoms with Crippen molar-refractivity contribution in [2.24, 2.45) is 0 Å². The molecular weight excluding hydrogens is 364 g/mol. The summed E-state index contributed by atoms with van der Waals surface area (Å²) in [5.41, 5.74) is 0.283. The lowest BCUT2D eigenvalue weighted by atomic mass is 10.0. The van der Waals surface area contributed by atoms with Crippen LogP contribution in [0, 0.1) is 19.7 Å². The molecule has 0 spiro atoms. The minimum Gasteiger partial charge on any atom is -0.311 e. The van der Waals surface area contributed by atoms with E-state index in [-0.39, 0.29) is 11.1 Å². The molecule has 0 fully saturated rings. The van der Waals surface area contributed by atoms with Crippen LogP contribution in [0.3, 0.4) is 0 Å². The Kier molecular flexibility index (Phi) is 4.63. The van der Waals surface area contributed by atoms with E-state index in [1.54, 1.807) is 27.0 Å². The molecule has 2 heterocycles. The fourth-order valence-electron chi connectivity index (χ4n) is 2.83. The lowest BCUT2D eigenvalue weighted by molar-refractivity contribution is -0.137. The molecule has 0 aliphatic heterocycles. The van der Waals surface area contributed by atoms with Gasteiger partial charge in [0.1, 0.15) is 11.6 Å². The maximum atomic E-state index is 14.3. The van der Waals surface area contributed by atoms with Crippen LogP contribution in [0.15, 0.2) is 35.3 Å². The number of aryl methyl sites for hydroxylation is 2. The van der Waals surface area contributed by atoms with Crippen molar-refractivity contribution in [3.8, 4) is 11.3 Å². The van der Waals surface area contributed by atoms with Gasteiger partial charge in [-0.3, -0.25) is 9.48 Å². The number of nitrogens with zero attached hydrogens (tertiary/aromatic N) is 3. The van der Waals surface area contributed by atoms with Gasteiger partial charge in [0, 0.05) is 23.4 Å². The zero-order chi connectivity index (χ0) is 19.9. The Balaban J connectivity index is 1.99. The van der Waals surface area contributed by atoms with Gasteiger partial charge in [0.05, 0.1) is 23.0 Å². The summed E-state index contributed by atoms with van der Waals surface area (Å²) in [5.74, 6) is -0.524. The number of nitrogens with one attached hydrogen (secondary N) is 1. The number of hydrogen-bond donors (Lipinski definition) is 1. The topological polar surface area (TPSA) is 63.6 Å². The number of benzene rings is 1. The van der Waals surface area contributed by atoms with Crippen LogP contribution in [0.5, 0.6) is 0 Å². The Morgan fingerprint density at radius 2 is 1.89 bits per heavy atom. The summed E-state index contributed by atoms with van der Waals surface area (Å²) in [6.07, 6.45) is -3.01. The van der Waals surface area contributed by atoms with Crippen LogP contribution in [-0.2, 0) is 6.18 Å². The molecular formula is C18H16F4N4O. The van der Waals surface area contributed by atoms with Crippen molar-refractivity contribution in [2.75, 3.05) is 0 Å². The maximum absolute atomic E-state index is 14.3. The van der Waals surface area contributed by atoms with E-state index in [1.165, 1.54) is 10.7 Å². The van der Waals surface area contributed by atoms with E-state index in [1.807, 2.05) is 0 Å². The summed E-state index contributed by atoms with van der Waals surface area (Å²) in [4.78, 5) is 18.5. The zero-order valence-electron chi connectivity index (χ0n) is 14.7. The highest BCUT2D eigenvalue weighted by Gasteiger charge is 2.31. The minimum absolute atomic E-state index is 0.0760. The lowest BCUT2D eigenvalue weighted by Gasteiger charge is -2.15. The normalized spacial score (nSPS) is 13.0. The molecule has 0 radical (unpaired) electrons. The second-order valence-corrected chi connectivity index (χ2v) is 6.23. The first kappa shape index (κ1) is 18.8. The van der Waals surface area contributed by atoms with Crippen molar-refractivity contribution in [3.63, 3.8) is 0 Å². The second kappa shape index (κ2) is 6.64. The maximum Gasteiger partial charge on any atom is 0.416 e. The van der Waals surface area contributed by atoms with Crippen molar-refractivity contribution in [3.05, 3.63) is 69.3 Å². The zero-order valence-corrected chi connectivity index (χ0v) is 14.7. The van der Waals surface area contributed by atoms with Gasteiger partial charge in [-0.05, 0) is 32.9 Å². The van der Waals surface area contributed by atoms with Gasteiger partial charge in [-0.1, -0.05) is 6.07 Å². The van der Waals surface area contributed by atoms with Crippen LogP contribution in [0.2, 0.25) is 0 Å². The molecule has 142 valence electrons. The molecule has 0 bridgehead atoms. The smallest absolute Gasteiger partial charge is 0.311 e. The fourth-order valence-corrected chi connectivity index (χ4v) is 2.83. The third-order valence-electron chi connectivity index (χ3n) is 4.23. The van der Waals surface area contributed by atoms with Crippen LogP contribution in [0.1, 0.15) is 35.6 Å². The highest BCUT2D eigenvalue weighted by Crippen LogP contribution is 2.32. The predicted octanol–water partition coefficient (Wildman–Crippen LogP) is 4.02. The summed E-state index contributed by atoms with van der Waals surface area (Å²) in [6.45, 7) is 4.98. The standard InChI is InChI=1S/C18H16F4N4O/c1-9-14(16-7-17(27)24-11(3)23-16)8-26(25-9)10(2)13-5-4-12(6-15(13)19)18(20,21)22/h4-8,10H,1-3H3,(H,23,24,27)/t10-/m0/s1. The van der Waals surface area contributed by atoms with Crippen LogP contribution in [0.4, 0.5) is 17.6 Å². The van der Waals surface area contributed by atoms with E-state index < -0.39 is 23.6 Å². The van der Waals surface area contributed by atoms with Crippen molar-refractivity contribution in [1.82, 2.24) is 19.7 Å². The molecule has 3 aromatic rings. The first-order valence-corrected chi connectivity index (χ1v) is 8.07. The molecule has 0 saturated heterocycles. The van der Waals surface area contributed by atoms with Gasteiger partial charge in [-0.2, -0.15) is 18.3 Å². The van der Waals surface area contributed by atoms with Crippen LogP contribution in [0.25, 0.3) is 11.3 Å². The molecule has 2 aromatic heterocycles. The summed E-state index contributed by atoms with van der Waals surface area (Å²) >= 11 is 0. The SMILES string of the molecule is Cc1nc(-c2cn([C@@H](C)c3ccc(C(F)(F)F)cc3F)nc2C)cc(=O)[nH]1. The van der Waals surface area contributed by atoms with Gasteiger partial charge in [-0.25, -0.2) is 9.37 Å². The molecule has 1 N–H and O–H groups in total. The summed E-state index contributed by atoms with van der Waals surface area (Å²) in [7, 11) is 0. The third-order valence-corrected chi connectivity index (χ3v) is 4.23. The molecule has 27 heavy (non-hydrogen) atoms. The van der Waals surface area contributed by atoms with Crippen LogP contribution >= 0.6 is 0 Å². The Morgan fingerprint density at radius 3 is 2.48 bits per heavy atom. The highest BCUT2D eigenvalue weighted by molar-refractivity contribution is 5.60. The number of H-pyrrole nitrogens is 1. The van der Waals surface area contributed by atoms with Gasteiger partial charge in [0.15, 0.2) is 0 Å². The van der Waals surface area contributed by atoms with Gasteiger partial charge < -0.3 is 4.98 Å². The quantitative estimate of drug-likeness (QED) is 0.698. The Morgan fingerprint density at radius 1 is 1.19 bits per heavy atom. The van der Waals surface area contributed by atoms with Crippen molar-refractivity contribution in [2.45, 2.75) is 33.0 Å². The lowest BCUT2D eigenvalue weighted by Crippen LogP contribution is -2.12. The molecule has 3 rings (SSSR count). The molecule has 1 atom stereocenters. The number of aromatic nitrogens is 4. The van der Waals surface area contributed by atoms with E-state index in [4.69, 9.17) is 0 Å². The highest BCUT2D eigenvalue weighted by atomic mass is 19.4. The molecule has 0 unspecified atom stereocenters. The average Bonchev–Trinajstić information content (AvgIpc) is 2.94. The van der Waals surface area contributed by atoms with Crippen molar-refractivity contribution in [1.29, 1.82) is 0 Å². The second-order valence-electron chi connectivity index (χ2n) is 6.23. The molecule has 0 saturated carbocycles. The molecule has 9 heteroatoms. The van der Waals surface area contributed by atoms with E-state index >= 15 is 0 Å². The summed E-state index contributed by atoms with van der Waals surface area (Å²) < 4.78 is 53.8. The summed E-state index contributed by atoms with van der Waals surface area (Å²) in [5, 5.41) is 4.31. The third kappa shape index (κ3) is 3.76. The fraction of sp³-hybridized carbons (Fsp3) is 0.278. The average molecular weight is 380 g/mol. The van der Waals surface area contributed by atoms with E-state index in [0.29, 0.717) is 28.8 Å². The first-order chi connectivity index (χ1) is 12.6. The number of halogens is 4. The monoisotopic (exact) mass is 380 g/mol. The van der Waals surface area contributed by atoms with Crippen LogP contribution < -0.4 is 5.56 Å². The van der Waals surface area contributed by atoms with Gasteiger partial charge in [0.2, 0.25) is 0 Å². The summed E-state index contributed by atoms with van der Waals surface area (Å²) in [6, 6.07) is 3.10. The van der Waals surface area contributed by atoms with E-state index in [2.05, 4.69) is 15.1 Å². The van der Waals surface area contributed by atoms with E-state index in [0.717, 1.165) is 12.1 Å². The predicted molar refractivity (Wildman–Crippen MR) is 90.8 cm³/mol. The first-order valence-electron chi connectivity index (χ1n) is 8.07. The molecule has 0 aliphatic carbocycles. The van der Waals surface area contributed by atoms with Gasteiger partial charge in [0.25, 0.3) is 5.56 Å². The molecule has 5 nitrogen and oxygen atoms in total. The largest absolute Gasteiger partial charge is 0.416 e. The van der Waals surface area contributed by atoms with Crippen molar-refractivity contribution < 1.29 is 17.6 Å². The number of alkyl halides is 3. The molecule has 0 aliphatic rings. The number of rotatable bonds is 3. The van der Waals surface area contributed by atoms with Crippen molar-refractivity contribution >= 4 is 0 Å². The number of aromatic amines is 1. The Bertz CT molecular complexity index is 1050. The Labute approximate surface area is 151 Å². The van der Waals surface area contributed by atoms with E-state index in [9.17, 15) is 22.4 Å². The number of hydrogen-bond acceptors (Lipinski definition) is 3. The Hall–Kier alpha value is -2.97.